The third-order valence-corrected chi connectivity index (χ3v) is 26.3. The first-order chi connectivity index (χ1) is 59.1. The Morgan fingerprint density at radius 2 is 0.633 bits per heavy atom. The molecule has 0 fully saturated rings. The van der Waals surface area contributed by atoms with E-state index in [1.54, 1.807) is 11.1 Å². The van der Waals surface area contributed by atoms with E-state index in [0.717, 1.165) is 72.6 Å². The first-order valence-corrected chi connectivity index (χ1v) is 46.9. The van der Waals surface area contributed by atoms with Crippen LogP contribution in [-0.2, 0) is 31.1 Å². The van der Waals surface area contributed by atoms with Crippen molar-refractivity contribution in [2.24, 2.45) is 0 Å². The molecule has 1 aliphatic rings. The van der Waals surface area contributed by atoms with Crippen molar-refractivity contribution in [2.75, 3.05) is 9.80 Å². The largest absolute Gasteiger partial charge is 0.311 e. The van der Waals surface area contributed by atoms with E-state index in [0.29, 0.717) is 0 Å². The fraction of sp³-hybridized carbons (Fsp3) is 0.333. The van der Waals surface area contributed by atoms with Crippen LogP contribution in [0, 0.1) is 13.8 Å². The molecule has 3 heteroatoms. The van der Waals surface area contributed by atoms with Gasteiger partial charge in [-0.25, -0.2) is 0 Å². The summed E-state index contributed by atoms with van der Waals surface area (Å²) < 4.78 is 2.76. The monoisotopic (exact) mass is 1580 g/mol. The highest BCUT2D eigenvalue weighted by atomic mass is 15.1. The van der Waals surface area contributed by atoms with Crippen LogP contribution >= 0.6 is 0 Å². The standard InChI is InChI=1S/C117H131N3/c1-9-15-21-25-27-34-80-117(81-35-28-26-22-16-10-2)110-77-79-113-116(115(110)107-76-44-87(8)82-111(107)117)109-83-98(90-38-32-29-33-39-90)63-78-112(109)120(113)114-85-99(40-30-23-17-11-3)108(84-100(114)41-31-24-18-12-4)97-61-74-106(75-62-97)119(104-68-55-94(56-69-104)92-51-47-89(48-52-92)37-20-14-6)105-72-59-96(60-73-105)95-57-70-103(71-58-95)118(101-64-42-86(7)43-65-101)102-66-53-93(54-67-102)91-49-45-88(46-50-91)36-19-13-5/h29,32-33,38-39,42-79,82-85H,9-28,30-31,34-37,40-41,80-81H2,1-8H3. The van der Waals surface area contributed by atoms with Crippen molar-refractivity contribution in [1.29, 1.82) is 0 Å². The molecule has 1 aliphatic carbocycles. The lowest BCUT2D eigenvalue weighted by Gasteiger charge is -2.33. The third-order valence-electron chi connectivity index (χ3n) is 26.3. The summed E-state index contributed by atoms with van der Waals surface area (Å²) >= 11 is 0. The quantitative estimate of drug-likeness (QED) is 0.0353. The minimum absolute atomic E-state index is 0.0372. The van der Waals surface area contributed by atoms with Crippen molar-refractivity contribution in [3.8, 4) is 72.4 Å². The topological polar surface area (TPSA) is 11.4 Å². The molecule has 0 atom stereocenters. The molecule has 0 radical (unpaired) electrons. The highest BCUT2D eigenvalue weighted by Crippen LogP contribution is 2.58. The van der Waals surface area contributed by atoms with E-state index in [1.165, 1.54) is 282 Å². The maximum absolute atomic E-state index is 2.76. The molecule has 15 rings (SSSR count). The second kappa shape index (κ2) is 41.0. The first kappa shape index (κ1) is 84.3. The Kier molecular flexibility index (Phi) is 28.8. The summed E-state index contributed by atoms with van der Waals surface area (Å²) in [6, 6.07) is 111. The zero-order valence-corrected chi connectivity index (χ0v) is 73.7. The van der Waals surface area contributed by atoms with Gasteiger partial charge < -0.3 is 14.4 Å². The molecule has 1 heterocycles. The number of hydrogen-bond acceptors (Lipinski definition) is 2. The Morgan fingerprint density at radius 1 is 0.258 bits per heavy atom. The van der Waals surface area contributed by atoms with Crippen LogP contribution in [-0.4, -0.2) is 4.57 Å². The Balaban J connectivity index is 0.820. The van der Waals surface area contributed by atoms with Gasteiger partial charge >= 0.3 is 0 Å². The van der Waals surface area contributed by atoms with Gasteiger partial charge in [0.05, 0.1) is 11.0 Å². The molecule has 1 aromatic heterocycles. The number of rotatable bonds is 42. The number of aromatic nitrogens is 1. The van der Waals surface area contributed by atoms with Crippen molar-refractivity contribution in [1.82, 2.24) is 4.57 Å². The molecule has 120 heavy (non-hydrogen) atoms. The number of aryl methyl sites for hydroxylation is 6. The van der Waals surface area contributed by atoms with Gasteiger partial charge in [-0.15, -0.1) is 0 Å². The smallest absolute Gasteiger partial charge is 0.0547 e. The summed E-state index contributed by atoms with van der Waals surface area (Å²) in [5, 5.41) is 2.79. The Morgan fingerprint density at radius 3 is 1.09 bits per heavy atom. The van der Waals surface area contributed by atoms with Crippen LogP contribution in [0.5, 0.6) is 0 Å². The zero-order chi connectivity index (χ0) is 82.6. The van der Waals surface area contributed by atoms with Gasteiger partial charge in [-0.2, -0.15) is 0 Å². The molecule has 0 N–H and O–H groups in total. The Labute approximate surface area is 721 Å². The maximum atomic E-state index is 2.76. The van der Waals surface area contributed by atoms with Crippen LogP contribution in [0.2, 0.25) is 0 Å². The van der Waals surface area contributed by atoms with E-state index in [2.05, 4.69) is 355 Å². The highest BCUT2D eigenvalue weighted by Gasteiger charge is 2.44. The average Bonchev–Trinajstić information content (AvgIpc) is 1.53. The van der Waals surface area contributed by atoms with Crippen LogP contribution in [0.4, 0.5) is 34.1 Å². The van der Waals surface area contributed by atoms with E-state index in [4.69, 9.17) is 0 Å². The summed E-state index contributed by atoms with van der Waals surface area (Å²) in [5.74, 6) is 0. The summed E-state index contributed by atoms with van der Waals surface area (Å²) in [5.41, 5.74) is 37.6. The van der Waals surface area contributed by atoms with Crippen molar-refractivity contribution >= 4 is 55.9 Å². The molecule has 13 aromatic carbocycles. The predicted molar refractivity (Wildman–Crippen MR) is 522 cm³/mol. The number of fused-ring (bicyclic) bond motifs is 7. The van der Waals surface area contributed by atoms with Gasteiger partial charge in [-0.05, 0) is 281 Å². The highest BCUT2D eigenvalue weighted by molar-refractivity contribution is 6.19. The first-order valence-electron chi connectivity index (χ1n) is 46.9. The SMILES string of the molecule is CCCCCCCCC1(CCCCCCCC)c2cc(C)ccc2-c2c1ccc1c2c2cc(-c3ccccc3)ccc2n1-c1cc(CCCCCC)c(-c2ccc(N(c3ccc(-c4ccc(CCCC)cc4)cc3)c3ccc(-c4ccc(N(c5ccc(C)cc5)c5ccc(-c6ccc(CCCC)cc6)cc5)cc4)cc3)cc2)cc1CCCCCC. The molecular weight excluding hydrogens is 1450 g/mol. The summed E-state index contributed by atoms with van der Waals surface area (Å²) in [6.07, 6.45) is 36.8. The fourth-order valence-corrected chi connectivity index (χ4v) is 19.5. The van der Waals surface area contributed by atoms with Crippen molar-refractivity contribution in [3.63, 3.8) is 0 Å². The van der Waals surface area contributed by atoms with E-state index >= 15 is 0 Å². The normalized spacial score (nSPS) is 12.2. The molecule has 0 aliphatic heterocycles. The molecule has 0 amide bonds. The molecule has 614 valence electrons. The Bertz CT molecular complexity index is 5570. The minimum Gasteiger partial charge on any atom is -0.311 e. The Hall–Kier alpha value is -10.7. The predicted octanol–water partition coefficient (Wildman–Crippen LogP) is 35.4. The van der Waals surface area contributed by atoms with Crippen LogP contribution in [0.1, 0.15) is 253 Å². The summed E-state index contributed by atoms with van der Waals surface area (Å²) in [4.78, 5) is 4.84. The van der Waals surface area contributed by atoms with Gasteiger partial charge in [0.25, 0.3) is 0 Å². The molecule has 0 bridgehead atoms. The summed E-state index contributed by atoms with van der Waals surface area (Å²) in [6.45, 7) is 18.4. The van der Waals surface area contributed by atoms with E-state index in [-0.39, 0.29) is 5.41 Å². The molecule has 0 saturated carbocycles. The lowest BCUT2D eigenvalue weighted by atomic mass is 9.70. The van der Waals surface area contributed by atoms with Crippen LogP contribution in [0.25, 0.3) is 94.3 Å². The third kappa shape index (κ3) is 19.3. The van der Waals surface area contributed by atoms with Crippen LogP contribution in [0.15, 0.2) is 285 Å². The van der Waals surface area contributed by atoms with Crippen molar-refractivity contribution in [2.45, 2.75) is 253 Å². The van der Waals surface area contributed by atoms with E-state index in [1.807, 2.05) is 0 Å². The average molecular weight is 1580 g/mol. The number of nitrogens with zero attached hydrogens (tertiary/aromatic N) is 3. The van der Waals surface area contributed by atoms with Crippen molar-refractivity contribution in [3.05, 3.63) is 330 Å². The van der Waals surface area contributed by atoms with Gasteiger partial charge in [0.2, 0.25) is 0 Å². The lowest BCUT2D eigenvalue weighted by Crippen LogP contribution is -2.25. The fourth-order valence-electron chi connectivity index (χ4n) is 19.5. The van der Waals surface area contributed by atoms with Gasteiger partial charge in [-0.3, -0.25) is 0 Å². The number of unbranched alkanes of at least 4 members (excludes halogenated alkanes) is 18. The van der Waals surface area contributed by atoms with Gasteiger partial charge in [0.1, 0.15) is 0 Å². The summed E-state index contributed by atoms with van der Waals surface area (Å²) in [7, 11) is 0. The molecule has 0 saturated heterocycles. The van der Waals surface area contributed by atoms with E-state index < -0.39 is 0 Å². The second-order valence-corrected chi connectivity index (χ2v) is 35.1. The number of anilines is 6. The number of hydrogen-bond donors (Lipinski definition) is 0. The van der Waals surface area contributed by atoms with E-state index in [9.17, 15) is 0 Å². The molecule has 14 aromatic rings. The minimum atomic E-state index is -0.0372. The second-order valence-electron chi connectivity index (χ2n) is 35.1. The molecule has 0 spiro atoms. The lowest BCUT2D eigenvalue weighted by molar-refractivity contribution is 0.398. The zero-order valence-electron chi connectivity index (χ0n) is 73.7. The molecule has 0 unspecified atom stereocenters. The van der Waals surface area contributed by atoms with Crippen LogP contribution < -0.4 is 9.80 Å². The van der Waals surface area contributed by atoms with Gasteiger partial charge in [-0.1, -0.05) is 363 Å². The maximum Gasteiger partial charge on any atom is 0.0547 e. The van der Waals surface area contributed by atoms with Crippen molar-refractivity contribution < 1.29 is 0 Å². The van der Waals surface area contributed by atoms with Crippen LogP contribution in [0.3, 0.4) is 0 Å². The molecule has 3 nitrogen and oxygen atoms in total. The van der Waals surface area contributed by atoms with Gasteiger partial charge in [0, 0.05) is 56.0 Å². The molecular formula is C117H131N3. The number of benzene rings is 13. The van der Waals surface area contributed by atoms with Gasteiger partial charge in [0.15, 0.2) is 0 Å².